The summed E-state index contributed by atoms with van der Waals surface area (Å²) in [5, 5.41) is 4.76. The van der Waals surface area contributed by atoms with Gasteiger partial charge in [0, 0.05) is 6.54 Å². The number of aryl methyl sites for hydroxylation is 1. The van der Waals surface area contributed by atoms with E-state index in [9.17, 15) is 4.79 Å². The SMILES string of the molecule is Cc1ccsc1C(=O)NCC(Cl)C(C)C. The fraction of sp³-hybridized carbons (Fsp3) is 0.545. The van der Waals surface area contributed by atoms with E-state index >= 15 is 0 Å². The van der Waals surface area contributed by atoms with Crippen LogP contribution in [0.4, 0.5) is 0 Å². The van der Waals surface area contributed by atoms with Crippen molar-refractivity contribution in [3.05, 3.63) is 21.9 Å². The maximum Gasteiger partial charge on any atom is 0.261 e. The van der Waals surface area contributed by atoms with Crippen molar-refractivity contribution in [2.45, 2.75) is 26.1 Å². The smallest absolute Gasteiger partial charge is 0.261 e. The van der Waals surface area contributed by atoms with Gasteiger partial charge in [-0.3, -0.25) is 4.79 Å². The molecule has 0 fully saturated rings. The van der Waals surface area contributed by atoms with Gasteiger partial charge in [0.05, 0.1) is 10.3 Å². The van der Waals surface area contributed by atoms with Crippen molar-refractivity contribution < 1.29 is 4.79 Å². The Bertz CT molecular complexity index is 335. The lowest BCUT2D eigenvalue weighted by molar-refractivity contribution is 0.0956. The van der Waals surface area contributed by atoms with E-state index in [1.807, 2.05) is 32.2 Å². The molecule has 0 aliphatic heterocycles. The van der Waals surface area contributed by atoms with E-state index in [1.165, 1.54) is 11.3 Å². The van der Waals surface area contributed by atoms with Crippen molar-refractivity contribution in [1.29, 1.82) is 0 Å². The Morgan fingerprint density at radius 2 is 2.27 bits per heavy atom. The van der Waals surface area contributed by atoms with E-state index in [4.69, 9.17) is 11.6 Å². The Morgan fingerprint density at radius 3 is 2.73 bits per heavy atom. The van der Waals surface area contributed by atoms with Crippen molar-refractivity contribution in [2.75, 3.05) is 6.54 Å². The molecule has 0 radical (unpaired) electrons. The molecule has 0 bridgehead atoms. The summed E-state index contributed by atoms with van der Waals surface area (Å²) in [7, 11) is 0. The first-order chi connectivity index (χ1) is 7.02. The number of hydrogen-bond acceptors (Lipinski definition) is 2. The van der Waals surface area contributed by atoms with Gasteiger partial charge in [-0.2, -0.15) is 0 Å². The fourth-order valence-corrected chi connectivity index (χ4v) is 2.03. The molecular formula is C11H16ClNOS. The molecule has 1 aromatic heterocycles. The molecule has 0 aromatic carbocycles. The predicted molar refractivity (Wildman–Crippen MR) is 65.9 cm³/mol. The molecule has 0 saturated carbocycles. The van der Waals surface area contributed by atoms with Crippen LogP contribution in [0.5, 0.6) is 0 Å². The molecule has 15 heavy (non-hydrogen) atoms. The number of alkyl halides is 1. The highest BCUT2D eigenvalue weighted by Gasteiger charge is 2.14. The highest BCUT2D eigenvalue weighted by Crippen LogP contribution is 2.15. The Hall–Kier alpha value is -0.540. The minimum absolute atomic E-state index is 0.00535. The topological polar surface area (TPSA) is 29.1 Å². The Balaban J connectivity index is 2.47. The quantitative estimate of drug-likeness (QED) is 0.812. The third kappa shape index (κ3) is 3.50. The monoisotopic (exact) mass is 245 g/mol. The standard InChI is InChI=1S/C11H16ClNOS/c1-7(2)9(12)6-13-11(14)10-8(3)4-5-15-10/h4-5,7,9H,6H2,1-3H3,(H,13,14). The summed E-state index contributed by atoms with van der Waals surface area (Å²) < 4.78 is 0. The molecule has 1 rings (SSSR count). The first-order valence-corrected chi connectivity index (χ1v) is 6.30. The number of carbonyl (C=O) groups excluding carboxylic acids is 1. The van der Waals surface area contributed by atoms with E-state index in [1.54, 1.807) is 0 Å². The first-order valence-electron chi connectivity index (χ1n) is 4.98. The lowest BCUT2D eigenvalue weighted by Gasteiger charge is -2.13. The van der Waals surface area contributed by atoms with Crippen molar-refractivity contribution in [2.24, 2.45) is 5.92 Å². The number of amides is 1. The van der Waals surface area contributed by atoms with E-state index in [0.717, 1.165) is 10.4 Å². The van der Waals surface area contributed by atoms with Gasteiger partial charge in [-0.25, -0.2) is 0 Å². The highest BCUT2D eigenvalue weighted by molar-refractivity contribution is 7.12. The second kappa shape index (κ2) is 5.52. The highest BCUT2D eigenvalue weighted by atomic mass is 35.5. The number of thiophene rings is 1. The van der Waals surface area contributed by atoms with Crippen LogP contribution in [0, 0.1) is 12.8 Å². The maximum absolute atomic E-state index is 11.7. The van der Waals surface area contributed by atoms with Gasteiger partial charge in [0.1, 0.15) is 0 Å². The molecule has 2 nitrogen and oxygen atoms in total. The molecule has 4 heteroatoms. The maximum atomic E-state index is 11.7. The number of rotatable bonds is 4. The molecule has 1 unspecified atom stereocenters. The van der Waals surface area contributed by atoms with Crippen LogP contribution in [-0.4, -0.2) is 17.8 Å². The summed E-state index contributed by atoms with van der Waals surface area (Å²) in [4.78, 5) is 12.5. The number of hydrogen-bond donors (Lipinski definition) is 1. The van der Waals surface area contributed by atoms with Crippen LogP contribution in [0.25, 0.3) is 0 Å². The average Bonchev–Trinajstić information content (AvgIpc) is 2.60. The molecule has 1 heterocycles. The van der Waals surface area contributed by atoms with Crippen LogP contribution in [0.2, 0.25) is 0 Å². The molecular weight excluding hydrogens is 230 g/mol. The summed E-state index contributed by atoms with van der Waals surface area (Å²) in [5.41, 5.74) is 1.02. The molecule has 0 spiro atoms. The molecule has 0 aliphatic rings. The van der Waals surface area contributed by atoms with Gasteiger partial charge in [-0.1, -0.05) is 13.8 Å². The summed E-state index contributed by atoms with van der Waals surface area (Å²) in [5.74, 6) is 0.352. The molecule has 1 atom stereocenters. The first kappa shape index (κ1) is 12.5. The van der Waals surface area contributed by atoms with Crippen molar-refractivity contribution in [3.63, 3.8) is 0 Å². The number of nitrogens with one attached hydrogen (secondary N) is 1. The molecule has 0 saturated heterocycles. The van der Waals surface area contributed by atoms with Crippen molar-refractivity contribution in [1.82, 2.24) is 5.32 Å². The van der Waals surface area contributed by atoms with Crippen molar-refractivity contribution >= 4 is 28.8 Å². The van der Waals surface area contributed by atoms with Crippen LogP contribution in [0.15, 0.2) is 11.4 Å². The van der Waals surface area contributed by atoms with Crippen LogP contribution >= 0.6 is 22.9 Å². The van der Waals surface area contributed by atoms with Gasteiger partial charge >= 0.3 is 0 Å². The zero-order chi connectivity index (χ0) is 11.4. The van der Waals surface area contributed by atoms with Crippen molar-refractivity contribution in [3.8, 4) is 0 Å². The van der Waals surface area contributed by atoms with E-state index in [0.29, 0.717) is 12.5 Å². The van der Waals surface area contributed by atoms with Gasteiger partial charge in [0.2, 0.25) is 0 Å². The van der Waals surface area contributed by atoms with Crippen LogP contribution in [-0.2, 0) is 0 Å². The van der Waals surface area contributed by atoms with Gasteiger partial charge in [-0.15, -0.1) is 22.9 Å². The minimum atomic E-state index is -0.0196. The zero-order valence-electron chi connectivity index (χ0n) is 9.21. The Morgan fingerprint density at radius 1 is 1.60 bits per heavy atom. The number of halogens is 1. The normalized spacial score (nSPS) is 12.9. The summed E-state index contributed by atoms with van der Waals surface area (Å²) in [6.07, 6.45) is 0. The fourth-order valence-electron chi connectivity index (χ4n) is 1.11. The van der Waals surface area contributed by atoms with E-state index < -0.39 is 0 Å². The van der Waals surface area contributed by atoms with Gasteiger partial charge < -0.3 is 5.32 Å². The predicted octanol–water partition coefficient (Wildman–Crippen LogP) is 3.05. The summed E-state index contributed by atoms with van der Waals surface area (Å²) in [6, 6.07) is 1.94. The van der Waals surface area contributed by atoms with Crippen LogP contribution < -0.4 is 5.32 Å². The minimum Gasteiger partial charge on any atom is -0.350 e. The van der Waals surface area contributed by atoms with Gasteiger partial charge in [0.15, 0.2) is 0 Å². The third-order valence-electron chi connectivity index (χ3n) is 2.25. The zero-order valence-corrected chi connectivity index (χ0v) is 10.8. The second-order valence-electron chi connectivity index (χ2n) is 3.90. The average molecular weight is 246 g/mol. The largest absolute Gasteiger partial charge is 0.350 e. The van der Waals surface area contributed by atoms with Crippen LogP contribution in [0.3, 0.4) is 0 Å². The molecule has 0 aliphatic carbocycles. The molecule has 1 N–H and O–H groups in total. The lowest BCUT2D eigenvalue weighted by Crippen LogP contribution is -2.31. The molecule has 1 amide bonds. The van der Waals surface area contributed by atoms with Gasteiger partial charge in [0.25, 0.3) is 5.91 Å². The second-order valence-corrected chi connectivity index (χ2v) is 5.38. The third-order valence-corrected chi connectivity index (χ3v) is 3.92. The summed E-state index contributed by atoms with van der Waals surface area (Å²) >= 11 is 7.51. The van der Waals surface area contributed by atoms with E-state index in [-0.39, 0.29) is 11.3 Å². The Kier molecular flexibility index (Phi) is 4.61. The molecule has 84 valence electrons. The molecule has 1 aromatic rings. The number of carbonyl (C=O) groups is 1. The van der Waals surface area contributed by atoms with Crippen LogP contribution in [0.1, 0.15) is 29.1 Å². The Labute approximate surface area is 99.6 Å². The van der Waals surface area contributed by atoms with Gasteiger partial charge in [-0.05, 0) is 29.9 Å². The van der Waals surface area contributed by atoms with E-state index in [2.05, 4.69) is 5.32 Å². The summed E-state index contributed by atoms with van der Waals surface area (Å²) in [6.45, 7) is 6.54. The lowest BCUT2D eigenvalue weighted by atomic mass is 10.1.